The van der Waals surface area contributed by atoms with E-state index < -0.39 is 140 Å². The molecule has 3 rings (SSSR count). The number of carbonyl (C=O) groups is 6. The molecule has 0 bridgehead atoms. The van der Waals surface area contributed by atoms with Crippen LogP contribution >= 0.6 is 0 Å². The Morgan fingerprint density at radius 2 is 1.54 bits per heavy atom. The molecule has 0 aromatic rings. The first-order valence-corrected chi connectivity index (χ1v) is 22.9. The van der Waals surface area contributed by atoms with Crippen molar-refractivity contribution >= 4 is 36.1 Å². The maximum atomic E-state index is 13.4. The molecule has 3 aliphatic heterocycles. The number of ether oxygens (including phenoxy) is 11. The van der Waals surface area contributed by atoms with Gasteiger partial charge < -0.3 is 66.9 Å². The van der Waals surface area contributed by atoms with Crippen LogP contribution in [0.3, 0.4) is 0 Å². The zero-order valence-corrected chi connectivity index (χ0v) is 41.4. The van der Waals surface area contributed by atoms with E-state index in [1.54, 1.807) is 84.8 Å². The lowest BCUT2D eigenvalue weighted by atomic mass is 9.82. The first kappa shape index (κ1) is 59.3. The molecule has 1 N–H and O–H groups in total. The topological polar surface area (TPSA) is 247 Å². The predicted molar refractivity (Wildman–Crippen MR) is 237 cm³/mol. The first-order valence-electron chi connectivity index (χ1n) is 22.9. The van der Waals surface area contributed by atoms with Gasteiger partial charge in [-0.3, -0.25) is 24.0 Å². The highest BCUT2D eigenvalue weighted by atomic mass is 16.7. The van der Waals surface area contributed by atoms with Crippen LogP contribution in [0.1, 0.15) is 107 Å². The number of methoxy groups -OCH3 is 2. The number of hydrogen-bond donors (Lipinski definition) is 1. The lowest BCUT2D eigenvalue weighted by Crippen LogP contribution is -2.66. The van der Waals surface area contributed by atoms with Gasteiger partial charge in [-0.25, -0.2) is 5.11 Å². The van der Waals surface area contributed by atoms with Crippen LogP contribution in [0.5, 0.6) is 0 Å². The molecule has 67 heavy (non-hydrogen) atoms. The van der Waals surface area contributed by atoms with Crippen LogP contribution in [0.25, 0.3) is 0 Å². The summed E-state index contributed by atoms with van der Waals surface area (Å²) in [7, 11) is 6.19. The molecule has 2 saturated heterocycles. The minimum atomic E-state index is -1.45. The van der Waals surface area contributed by atoms with Crippen LogP contribution < -0.4 is 0 Å². The summed E-state index contributed by atoms with van der Waals surface area (Å²) < 4.78 is 64.7. The number of nitrogens with zero attached hydrogens (tertiary/aromatic N) is 1. The lowest BCUT2D eigenvalue weighted by Gasteiger charge is -2.50. The summed E-state index contributed by atoms with van der Waals surface area (Å²) in [6, 6.07) is -0.833. The Balaban J connectivity index is 0.00000369. The van der Waals surface area contributed by atoms with Crippen LogP contribution in [0, 0.1) is 11.8 Å². The number of likely N-dealkylation sites (N-methyl/N-ethyl adjacent to an activating group) is 1. The highest BCUT2D eigenvalue weighted by Gasteiger charge is 2.54. The van der Waals surface area contributed by atoms with E-state index in [9.17, 15) is 33.9 Å². The molecule has 0 aliphatic carbocycles. The monoisotopic (exact) mass is 959 g/mol. The molecule has 20 nitrogen and oxygen atoms in total. The van der Waals surface area contributed by atoms with Crippen molar-refractivity contribution in [3.63, 3.8) is 0 Å². The first-order chi connectivity index (χ1) is 31.6. The standard InChI is InChI=1S/C45H71NO17.C2H5O2/c1-13-34(50)59-33-23-36(52)55-26(4)18-16-15-17-19-32(58-29(7)48)25(3)22-31(20-21-47)41(42(33)54-12)62-44-39(53)38(46(10)11)40(27(5)57-44)61-37-24-45(9,63-30(8)49)43(28(6)56-37)60-35(51)14-2;1-4-2-3/h15-17,19,21,25-28,31-33,37-44,53H,13-14,18,20,22-24H2,1-12H3;2H2,1H3/b16-15+,19-17+;/t25-,26-,27-,28+,31+,32+,33-,37+,38-,39-,40-,41+,42+,43+,44+,45-;/m1./s1. The largest absolute Gasteiger partial charge is 0.462 e. The molecule has 16 atom stereocenters. The van der Waals surface area contributed by atoms with E-state index >= 15 is 0 Å². The summed E-state index contributed by atoms with van der Waals surface area (Å²) in [5, 5.41) is 21.3. The molecule has 1 radical (unpaired) electrons. The summed E-state index contributed by atoms with van der Waals surface area (Å²) in [4.78, 5) is 77.6. The molecule has 0 saturated carbocycles. The molecule has 0 aromatic carbocycles. The van der Waals surface area contributed by atoms with E-state index in [1.807, 2.05) is 6.92 Å². The van der Waals surface area contributed by atoms with Gasteiger partial charge >= 0.3 is 29.8 Å². The molecular formula is C47H76NO19. The number of rotatable bonds is 15. The maximum absolute atomic E-state index is 13.4. The van der Waals surface area contributed by atoms with Gasteiger partial charge in [0.05, 0.1) is 30.8 Å². The van der Waals surface area contributed by atoms with Gasteiger partial charge in [-0.1, -0.05) is 39.0 Å². The van der Waals surface area contributed by atoms with E-state index in [0.29, 0.717) is 12.7 Å². The smallest absolute Gasteiger partial charge is 0.309 e. The zero-order chi connectivity index (χ0) is 50.6. The van der Waals surface area contributed by atoms with E-state index in [0.717, 1.165) is 0 Å². The summed E-state index contributed by atoms with van der Waals surface area (Å²) in [6.45, 7) is 14.0. The van der Waals surface area contributed by atoms with Crippen LogP contribution in [0.15, 0.2) is 24.3 Å². The highest BCUT2D eigenvalue weighted by molar-refractivity contribution is 5.73. The Hall–Kier alpha value is -3.86. The molecular weight excluding hydrogens is 883 g/mol. The van der Waals surface area contributed by atoms with Crippen LogP contribution in [0.4, 0.5) is 0 Å². The summed E-state index contributed by atoms with van der Waals surface area (Å²) >= 11 is 0. The van der Waals surface area contributed by atoms with E-state index in [2.05, 4.69) is 4.74 Å². The third-order valence-electron chi connectivity index (χ3n) is 11.6. The summed E-state index contributed by atoms with van der Waals surface area (Å²) in [6.07, 6.45) is -4.48. The van der Waals surface area contributed by atoms with Crippen molar-refractivity contribution in [2.75, 3.05) is 35.1 Å². The fourth-order valence-electron chi connectivity index (χ4n) is 8.57. The third-order valence-corrected chi connectivity index (χ3v) is 11.6. The number of allylic oxidation sites excluding steroid dienone is 2. The van der Waals surface area contributed by atoms with Gasteiger partial charge in [0.1, 0.15) is 42.9 Å². The molecule has 2 fully saturated rings. The van der Waals surface area contributed by atoms with Gasteiger partial charge in [-0.05, 0) is 66.1 Å². The number of aliphatic hydroxyl groups excluding tert-OH is 1. The predicted octanol–water partition coefficient (Wildman–Crippen LogP) is 3.93. The van der Waals surface area contributed by atoms with Crippen LogP contribution in [-0.2, 0) is 86.0 Å². The average molecular weight is 959 g/mol. The van der Waals surface area contributed by atoms with Crippen LogP contribution in [0.2, 0.25) is 0 Å². The molecule has 383 valence electrons. The molecule has 0 amide bonds. The quantitative estimate of drug-likeness (QED) is 0.106. The number of hydrogen-bond acceptors (Lipinski definition) is 19. The third kappa shape index (κ3) is 18.5. The van der Waals surface area contributed by atoms with Gasteiger partial charge in [0.2, 0.25) is 0 Å². The Morgan fingerprint density at radius 3 is 2.09 bits per heavy atom. The zero-order valence-electron chi connectivity index (χ0n) is 41.4. The van der Waals surface area contributed by atoms with Crippen molar-refractivity contribution in [1.82, 2.24) is 4.90 Å². The SMILES string of the molecule is CCC(=O)O[C@@H]1CC(=O)O[C@H](C)C/C=C/C=C/[C@H](OC(C)=O)[C@H](C)C[C@H](CC=O)[C@H](O[C@@H]2O[C@H](C)[C@@H](O[C@H]3C[C@@](C)(OC(C)=O)[C@@H](OC(=O)CC)[C@H](C)O3)[C@H](N(C)C)[C@H]2O)[C@H]1OC.COC[O]. The second kappa shape index (κ2) is 29.2. The van der Waals surface area contributed by atoms with Crippen molar-refractivity contribution in [3.05, 3.63) is 24.3 Å². The van der Waals surface area contributed by atoms with Crippen molar-refractivity contribution in [1.29, 1.82) is 0 Å². The Kier molecular flexibility index (Phi) is 25.9. The Morgan fingerprint density at radius 1 is 0.896 bits per heavy atom. The highest BCUT2D eigenvalue weighted by Crippen LogP contribution is 2.39. The van der Waals surface area contributed by atoms with Gasteiger partial charge in [0.25, 0.3) is 0 Å². The lowest BCUT2D eigenvalue weighted by molar-refractivity contribution is -0.344. The van der Waals surface area contributed by atoms with Gasteiger partial charge in [0.15, 0.2) is 31.1 Å². The second-order valence-corrected chi connectivity index (χ2v) is 17.5. The molecule has 3 aliphatic rings. The molecule has 0 aromatic heterocycles. The van der Waals surface area contributed by atoms with E-state index in [-0.39, 0.29) is 32.1 Å². The fourth-order valence-corrected chi connectivity index (χ4v) is 8.57. The van der Waals surface area contributed by atoms with Crippen molar-refractivity contribution in [2.24, 2.45) is 11.8 Å². The molecule has 0 spiro atoms. The minimum absolute atomic E-state index is 0.0260. The number of cyclic esters (lactones) is 1. The maximum Gasteiger partial charge on any atom is 0.309 e. The summed E-state index contributed by atoms with van der Waals surface area (Å²) in [5.41, 5.74) is -1.33. The normalized spacial score (nSPS) is 36.2. The number of aldehydes is 1. The molecule has 20 heteroatoms. The van der Waals surface area contributed by atoms with Gasteiger partial charge in [-0.2, -0.15) is 0 Å². The molecule has 3 heterocycles. The Labute approximate surface area is 395 Å². The fraction of sp³-hybridized carbons (Fsp3) is 0.787. The minimum Gasteiger partial charge on any atom is -0.462 e. The van der Waals surface area contributed by atoms with Gasteiger partial charge in [0, 0.05) is 60.2 Å². The Bertz CT molecular complexity index is 1620. The van der Waals surface area contributed by atoms with Crippen LogP contribution in [-0.4, -0.2) is 167 Å². The number of carbonyl (C=O) groups excluding carboxylic acids is 6. The van der Waals surface area contributed by atoms with Crippen molar-refractivity contribution in [2.45, 2.75) is 193 Å². The van der Waals surface area contributed by atoms with Crippen molar-refractivity contribution < 1.29 is 91.1 Å². The summed E-state index contributed by atoms with van der Waals surface area (Å²) in [5.74, 6) is -4.06. The molecule has 0 unspecified atom stereocenters. The number of esters is 5. The average Bonchev–Trinajstić information content (AvgIpc) is 3.24. The number of aliphatic hydroxyl groups is 1. The van der Waals surface area contributed by atoms with Crippen molar-refractivity contribution in [3.8, 4) is 0 Å². The van der Waals surface area contributed by atoms with Gasteiger partial charge in [-0.15, -0.1) is 0 Å². The van der Waals surface area contributed by atoms with E-state index in [4.69, 9.17) is 52.5 Å². The second-order valence-electron chi connectivity index (χ2n) is 17.5. The van der Waals surface area contributed by atoms with E-state index in [1.165, 1.54) is 28.1 Å².